The molecule has 3 amide bonds. The zero-order valence-electron chi connectivity index (χ0n) is 5.88. The van der Waals surface area contributed by atoms with Gasteiger partial charge in [-0.15, -0.1) is 0 Å². The Hall–Kier alpha value is 0.770. The number of halogens is 3. The average Bonchev–Trinajstić information content (AvgIpc) is 2.22. The molecule has 1 atom stereocenters. The topological polar surface area (TPSA) is 72.5 Å². The Balaban J connectivity index is 0. The maximum absolute atomic E-state index is 10.4. The fourth-order valence-electron chi connectivity index (χ4n) is 0.424. The van der Waals surface area contributed by atoms with Crippen LogP contribution in [0.15, 0.2) is 0 Å². The van der Waals surface area contributed by atoms with E-state index >= 15 is 0 Å². The fourth-order valence-corrected chi connectivity index (χ4v) is 0.698. The van der Waals surface area contributed by atoms with E-state index in [1.807, 2.05) is 5.32 Å². The number of hydrogen-bond donors (Lipinski definition) is 1. The Morgan fingerprint density at radius 3 is 1.92 bits per heavy atom. The van der Waals surface area contributed by atoms with Crippen molar-refractivity contribution in [3.05, 3.63) is 0 Å². The van der Waals surface area contributed by atoms with Crippen LogP contribution in [0.4, 0.5) is 4.79 Å². The van der Waals surface area contributed by atoms with Gasteiger partial charge in [0.25, 0.3) is 5.91 Å². The molecule has 1 rings (SSSR count). The zero-order chi connectivity index (χ0) is 9.02. The molecule has 1 aliphatic rings. The molecule has 64 valence electrons. The molecular formula is C3H2Cl3N2NaO3. The van der Waals surface area contributed by atoms with Gasteiger partial charge in [-0.3, -0.25) is 10.1 Å². The summed E-state index contributed by atoms with van der Waals surface area (Å²) in [5.74, 6) is -0.586. The van der Waals surface area contributed by atoms with E-state index < -0.39 is 17.4 Å². The van der Waals surface area contributed by atoms with Crippen LogP contribution in [0.5, 0.6) is 0 Å². The number of urea groups is 1. The van der Waals surface area contributed by atoms with Crippen molar-refractivity contribution in [2.45, 2.75) is 5.50 Å². The number of nitrogens with zero attached hydrogens (tertiary/aromatic N) is 1. The summed E-state index contributed by atoms with van der Waals surface area (Å²) in [4.78, 5) is 20.8. The van der Waals surface area contributed by atoms with Gasteiger partial charge in [-0.2, -0.15) is 0 Å². The van der Waals surface area contributed by atoms with Crippen molar-refractivity contribution < 1.29 is 43.8 Å². The van der Waals surface area contributed by atoms with Crippen molar-refractivity contribution in [3.8, 4) is 0 Å². The third-order valence-corrected chi connectivity index (χ3v) is 1.68. The number of imide groups is 1. The van der Waals surface area contributed by atoms with Gasteiger partial charge in [0.15, 0.2) is 0 Å². The van der Waals surface area contributed by atoms with Crippen LogP contribution < -0.4 is 39.5 Å². The second kappa shape index (κ2) is 7.20. The normalized spacial score (nSPS) is 20.7. The first kappa shape index (κ1) is 15.3. The van der Waals surface area contributed by atoms with Crippen LogP contribution in [0.25, 0.3) is 0 Å². The third kappa shape index (κ3) is 3.66. The second-order valence-electron chi connectivity index (χ2n) is 1.44. The number of carbonyl (C=O) groups excluding carboxylic acids is 2. The smallest absolute Gasteiger partial charge is 0.769 e. The number of rotatable bonds is 0. The van der Waals surface area contributed by atoms with Crippen molar-refractivity contribution in [3.63, 3.8) is 0 Å². The Labute approximate surface area is 106 Å². The third-order valence-electron chi connectivity index (χ3n) is 0.840. The predicted molar refractivity (Wildman–Crippen MR) is 36.7 cm³/mol. The number of carbonyl (C=O) groups is 2. The summed E-state index contributed by atoms with van der Waals surface area (Å²) in [7, 11) is 0. The monoisotopic (exact) mass is 242 g/mol. The quantitative estimate of drug-likeness (QED) is 0.160. The van der Waals surface area contributed by atoms with Crippen LogP contribution in [0.3, 0.4) is 0 Å². The minimum atomic E-state index is -1.07. The average molecular weight is 243 g/mol. The van der Waals surface area contributed by atoms with Gasteiger partial charge >= 0.3 is 35.6 Å². The molecule has 1 N–H and O–H groups in total. The SMILES string of the molecule is O=C1NC(=O)N(Cl)C1Cl.[Na+].[O-]Cl. The Morgan fingerprint density at radius 1 is 1.42 bits per heavy atom. The molecule has 9 heteroatoms. The number of hydrogen-bond acceptors (Lipinski definition) is 3. The van der Waals surface area contributed by atoms with Crippen molar-refractivity contribution in [1.29, 1.82) is 0 Å². The van der Waals surface area contributed by atoms with Crippen molar-refractivity contribution in [2.24, 2.45) is 0 Å². The molecule has 0 spiro atoms. The molecule has 1 unspecified atom stereocenters. The van der Waals surface area contributed by atoms with Crippen molar-refractivity contribution >= 4 is 47.2 Å². The molecule has 0 aromatic carbocycles. The largest absolute Gasteiger partial charge is 1.00 e. The molecule has 0 aliphatic carbocycles. The summed E-state index contributed by atoms with van der Waals surface area (Å²) < 4.78 is 8.32. The molecule has 0 saturated carbocycles. The van der Waals surface area contributed by atoms with Crippen LogP contribution in [0.2, 0.25) is 0 Å². The second-order valence-corrected chi connectivity index (χ2v) is 2.22. The molecule has 5 nitrogen and oxygen atoms in total. The standard InChI is InChI=1S/C3H2Cl2N2O2.ClO.Na/c4-1-2(8)6-3(9)7(1)5;1-2;/h1H,(H,6,8,9);;/q;-1;+1. The van der Waals surface area contributed by atoms with E-state index in [1.54, 1.807) is 0 Å². The van der Waals surface area contributed by atoms with Crippen molar-refractivity contribution in [2.75, 3.05) is 0 Å². The summed E-state index contributed by atoms with van der Waals surface area (Å²) >= 11 is 13.8. The van der Waals surface area contributed by atoms with Gasteiger partial charge in [-0.05, 0) is 0 Å². The molecule has 1 fully saturated rings. The summed E-state index contributed by atoms with van der Waals surface area (Å²) in [5, 5.41) is 1.90. The molecule has 1 heterocycles. The maximum atomic E-state index is 10.4. The van der Waals surface area contributed by atoms with E-state index in [-0.39, 0.29) is 29.6 Å². The number of amides is 3. The molecule has 0 aromatic heterocycles. The predicted octanol–water partition coefficient (Wildman–Crippen LogP) is -3.24. The van der Waals surface area contributed by atoms with Crippen LogP contribution in [-0.4, -0.2) is 21.9 Å². The summed E-state index contributed by atoms with van der Waals surface area (Å²) in [6.45, 7) is 0. The van der Waals surface area contributed by atoms with Gasteiger partial charge in [-0.1, -0.05) is 11.6 Å². The van der Waals surface area contributed by atoms with E-state index in [9.17, 15) is 9.59 Å². The minimum absolute atomic E-state index is 0. The van der Waals surface area contributed by atoms with E-state index in [0.29, 0.717) is 4.42 Å². The van der Waals surface area contributed by atoms with E-state index in [0.717, 1.165) is 0 Å². The molecule has 0 aromatic rings. The van der Waals surface area contributed by atoms with Crippen LogP contribution in [-0.2, 0) is 4.79 Å². The minimum Gasteiger partial charge on any atom is -0.769 e. The Morgan fingerprint density at radius 2 is 1.83 bits per heavy atom. The molecule has 1 saturated heterocycles. The van der Waals surface area contributed by atoms with Gasteiger partial charge in [0.1, 0.15) is 0 Å². The van der Waals surface area contributed by atoms with Gasteiger partial charge in [-0.25, -0.2) is 21.1 Å². The molecule has 12 heavy (non-hydrogen) atoms. The molecule has 0 bridgehead atoms. The number of nitrogens with one attached hydrogen (secondary N) is 1. The maximum Gasteiger partial charge on any atom is 1.00 e. The molecule has 0 radical (unpaired) electrons. The van der Waals surface area contributed by atoms with E-state index in [1.165, 1.54) is 0 Å². The first-order chi connectivity index (χ1) is 5.13. The fraction of sp³-hybridized carbons (Fsp3) is 0.333. The first-order valence-corrected chi connectivity index (χ1v) is 3.30. The summed E-state index contributed by atoms with van der Waals surface area (Å²) in [6.07, 6.45) is 0. The Bertz CT molecular complexity index is 162. The van der Waals surface area contributed by atoms with Gasteiger partial charge in [0.2, 0.25) is 5.50 Å². The zero-order valence-corrected chi connectivity index (χ0v) is 10.2. The molecular weight excluding hydrogens is 241 g/mol. The Kier molecular flexibility index (Phi) is 9.15. The van der Waals surface area contributed by atoms with Crippen LogP contribution in [0.1, 0.15) is 0 Å². The molecule has 1 aliphatic heterocycles. The number of alkyl halides is 1. The van der Waals surface area contributed by atoms with Gasteiger partial charge < -0.3 is 4.66 Å². The van der Waals surface area contributed by atoms with Crippen LogP contribution in [0, 0.1) is 0 Å². The summed E-state index contributed by atoms with van der Waals surface area (Å²) in [5.41, 5.74) is -1.07. The van der Waals surface area contributed by atoms with Crippen LogP contribution >= 0.6 is 35.2 Å². The van der Waals surface area contributed by atoms with E-state index in [2.05, 4.69) is 11.9 Å². The van der Waals surface area contributed by atoms with E-state index in [4.69, 9.17) is 28.0 Å². The van der Waals surface area contributed by atoms with Gasteiger partial charge in [0.05, 0.1) is 0 Å². The van der Waals surface area contributed by atoms with Crippen molar-refractivity contribution in [1.82, 2.24) is 9.74 Å². The van der Waals surface area contributed by atoms with Gasteiger partial charge in [0, 0.05) is 11.8 Å². The summed E-state index contributed by atoms with van der Waals surface area (Å²) in [6, 6.07) is -0.679. The first-order valence-electron chi connectivity index (χ1n) is 2.22.